The van der Waals surface area contributed by atoms with Crippen molar-refractivity contribution in [3.8, 4) is 0 Å². The average Bonchev–Trinajstić information content (AvgIpc) is 3.37. The summed E-state index contributed by atoms with van der Waals surface area (Å²) in [5.74, 6) is 0.506. The first-order valence-corrected chi connectivity index (χ1v) is 11.3. The summed E-state index contributed by atoms with van der Waals surface area (Å²) in [6, 6.07) is 0. The van der Waals surface area contributed by atoms with Gasteiger partial charge in [-0.05, 0) is 67.8 Å². The molecule has 160 valence electrons. The molecule has 0 unspecified atom stereocenters. The van der Waals surface area contributed by atoms with Crippen molar-refractivity contribution in [1.82, 2.24) is 0 Å². The molecule has 4 aliphatic carbocycles. The Morgan fingerprint density at radius 2 is 1.90 bits per heavy atom. The molecule has 2 heterocycles. The van der Waals surface area contributed by atoms with Gasteiger partial charge in [0.15, 0.2) is 19.4 Å². The first-order valence-electron chi connectivity index (χ1n) is 11.3. The van der Waals surface area contributed by atoms with E-state index in [1.807, 2.05) is 6.08 Å². The Labute approximate surface area is 171 Å². The van der Waals surface area contributed by atoms with Crippen molar-refractivity contribution in [3.05, 3.63) is 11.6 Å². The number of rotatable bonds is 0. The fourth-order valence-electron chi connectivity index (χ4n) is 8.66. The first kappa shape index (κ1) is 18.9. The highest BCUT2D eigenvalue weighted by atomic mass is 16.9. The molecule has 6 rings (SSSR count). The van der Waals surface area contributed by atoms with Crippen LogP contribution < -0.4 is 0 Å². The number of aliphatic hydroxyl groups is 1. The number of carbonyl (C=O) groups excluding carboxylic acids is 1. The smallest absolute Gasteiger partial charge is 0.226 e. The zero-order valence-electron chi connectivity index (χ0n) is 17.4. The lowest BCUT2D eigenvalue weighted by Crippen LogP contribution is -2.66. The van der Waals surface area contributed by atoms with Gasteiger partial charge in [-0.25, -0.2) is 0 Å². The molecule has 6 aliphatic rings. The van der Waals surface area contributed by atoms with Crippen LogP contribution in [0.4, 0.5) is 0 Å². The minimum atomic E-state index is -0.843. The van der Waals surface area contributed by atoms with Crippen LogP contribution in [-0.2, 0) is 23.7 Å². The lowest BCUT2D eigenvalue weighted by atomic mass is 9.45. The molecule has 0 aromatic rings. The molecule has 8 atom stereocenters. The lowest BCUT2D eigenvalue weighted by molar-refractivity contribution is -0.257. The lowest BCUT2D eigenvalue weighted by Gasteiger charge is -2.61. The largest absolute Gasteiger partial charge is 0.393 e. The summed E-state index contributed by atoms with van der Waals surface area (Å²) >= 11 is 0. The predicted octanol–water partition coefficient (Wildman–Crippen LogP) is 2.93. The number of hydrogen-bond acceptors (Lipinski definition) is 6. The maximum atomic E-state index is 12.1. The monoisotopic (exact) mass is 404 g/mol. The van der Waals surface area contributed by atoms with Crippen LogP contribution in [0.25, 0.3) is 0 Å². The Morgan fingerprint density at radius 3 is 2.69 bits per heavy atom. The van der Waals surface area contributed by atoms with E-state index in [0.717, 1.165) is 32.1 Å². The highest BCUT2D eigenvalue weighted by Gasteiger charge is 2.76. The quantitative estimate of drug-likeness (QED) is 0.669. The molecule has 3 saturated carbocycles. The topological polar surface area (TPSA) is 74.2 Å². The summed E-state index contributed by atoms with van der Waals surface area (Å²) in [5, 5.41) is 11.6. The molecule has 0 aromatic heterocycles. The van der Waals surface area contributed by atoms with Crippen molar-refractivity contribution in [2.45, 2.75) is 76.3 Å². The van der Waals surface area contributed by atoms with E-state index in [2.05, 4.69) is 13.8 Å². The van der Waals surface area contributed by atoms with E-state index < -0.39 is 17.5 Å². The van der Waals surface area contributed by atoms with Crippen molar-refractivity contribution in [2.24, 2.45) is 28.6 Å². The van der Waals surface area contributed by atoms with E-state index in [9.17, 15) is 9.90 Å². The Hall–Kier alpha value is -0.790. The molecule has 5 fully saturated rings. The fourth-order valence-corrected chi connectivity index (χ4v) is 8.66. The number of carbonyl (C=O) groups is 1. The Morgan fingerprint density at radius 1 is 1.07 bits per heavy atom. The number of aliphatic hydroxyl groups excluding tert-OH is 1. The molecule has 6 nitrogen and oxygen atoms in total. The number of allylic oxidation sites excluding steroid dienone is 1. The van der Waals surface area contributed by atoms with Crippen LogP contribution in [0.5, 0.6) is 0 Å². The van der Waals surface area contributed by atoms with Gasteiger partial charge in [0, 0.05) is 11.8 Å². The molecule has 2 aliphatic heterocycles. The predicted molar refractivity (Wildman–Crippen MR) is 103 cm³/mol. The third-order valence-electron chi connectivity index (χ3n) is 9.90. The third kappa shape index (κ3) is 2.13. The van der Waals surface area contributed by atoms with Crippen LogP contribution in [0.2, 0.25) is 0 Å². The molecule has 0 radical (unpaired) electrons. The molecule has 2 saturated heterocycles. The van der Waals surface area contributed by atoms with E-state index in [-0.39, 0.29) is 36.1 Å². The van der Waals surface area contributed by atoms with Gasteiger partial charge in [0.05, 0.1) is 6.10 Å². The highest BCUT2D eigenvalue weighted by molar-refractivity contribution is 5.91. The summed E-state index contributed by atoms with van der Waals surface area (Å²) in [7, 11) is 0. The van der Waals surface area contributed by atoms with Crippen LogP contribution in [0.3, 0.4) is 0 Å². The standard InChI is InChI=1S/C23H32O6/c1-20-7-5-15(24)9-14(20)3-4-16-17-6-8-22(21(17,2)10-18(25)19(16)20)23(29-13-27-22)11-26-12-28-23/h9,16-19,25H,3-8,10-13H2,1-2H3/t16-,17-,18+,19+,20-,21-,22-,23+/m0/s1. The van der Waals surface area contributed by atoms with Crippen LogP contribution in [0, 0.1) is 28.6 Å². The van der Waals surface area contributed by atoms with E-state index in [4.69, 9.17) is 18.9 Å². The number of ketones is 1. The van der Waals surface area contributed by atoms with Crippen molar-refractivity contribution >= 4 is 5.78 Å². The van der Waals surface area contributed by atoms with Gasteiger partial charge in [-0.2, -0.15) is 0 Å². The van der Waals surface area contributed by atoms with Crippen LogP contribution in [0.1, 0.15) is 58.8 Å². The maximum absolute atomic E-state index is 12.1. The summed E-state index contributed by atoms with van der Waals surface area (Å²) < 4.78 is 24.1. The minimum Gasteiger partial charge on any atom is -0.393 e. The zero-order valence-corrected chi connectivity index (χ0v) is 17.4. The number of fused-ring (bicyclic) bond motifs is 7. The Balaban J connectivity index is 1.41. The normalized spacial score (nSPS) is 56.4. The molecule has 0 bridgehead atoms. The van der Waals surface area contributed by atoms with Gasteiger partial charge in [0.25, 0.3) is 0 Å². The first-order chi connectivity index (χ1) is 13.9. The molecule has 1 N–H and O–H groups in total. The van der Waals surface area contributed by atoms with Crippen LogP contribution >= 0.6 is 0 Å². The second-order valence-electron chi connectivity index (χ2n) is 10.7. The molecule has 2 spiro atoms. The van der Waals surface area contributed by atoms with Gasteiger partial charge in [-0.15, -0.1) is 0 Å². The average molecular weight is 405 g/mol. The second-order valence-corrected chi connectivity index (χ2v) is 10.7. The molecule has 29 heavy (non-hydrogen) atoms. The van der Waals surface area contributed by atoms with Gasteiger partial charge in [-0.3, -0.25) is 4.79 Å². The van der Waals surface area contributed by atoms with Gasteiger partial charge in [0.1, 0.15) is 12.2 Å². The van der Waals surface area contributed by atoms with Crippen LogP contribution in [-0.4, -0.2) is 48.6 Å². The van der Waals surface area contributed by atoms with E-state index in [1.165, 1.54) is 5.57 Å². The molecule has 0 aromatic carbocycles. The molecular formula is C23H32O6. The zero-order chi connectivity index (χ0) is 20.1. The summed E-state index contributed by atoms with van der Waals surface area (Å²) in [6.07, 6.45) is 7.58. The van der Waals surface area contributed by atoms with E-state index in [1.54, 1.807) is 0 Å². The SMILES string of the molecule is C[C@]12CCC(=O)C=C1CC[C@@H]1[C@@H]2[C@H](O)C[C@@]2(C)[C@H]1CC[C@]21OCO[C@]12COCO2. The maximum Gasteiger partial charge on any atom is 0.226 e. The van der Waals surface area contributed by atoms with Crippen molar-refractivity contribution in [1.29, 1.82) is 0 Å². The van der Waals surface area contributed by atoms with Crippen molar-refractivity contribution in [2.75, 3.05) is 20.2 Å². The van der Waals surface area contributed by atoms with Gasteiger partial charge < -0.3 is 24.1 Å². The van der Waals surface area contributed by atoms with Crippen molar-refractivity contribution in [3.63, 3.8) is 0 Å². The molecule has 6 heteroatoms. The second kappa shape index (κ2) is 5.92. The van der Waals surface area contributed by atoms with Crippen molar-refractivity contribution < 1.29 is 28.8 Å². The number of ether oxygens (including phenoxy) is 4. The third-order valence-corrected chi connectivity index (χ3v) is 9.90. The minimum absolute atomic E-state index is 0.0645. The van der Waals surface area contributed by atoms with Gasteiger partial charge in [-0.1, -0.05) is 19.4 Å². The van der Waals surface area contributed by atoms with Crippen LogP contribution in [0.15, 0.2) is 11.6 Å². The summed E-state index contributed by atoms with van der Waals surface area (Å²) in [4.78, 5) is 12.1. The van der Waals surface area contributed by atoms with Gasteiger partial charge in [0.2, 0.25) is 5.79 Å². The molecule has 0 amide bonds. The Bertz CT molecular complexity index is 766. The fraction of sp³-hybridized carbons (Fsp3) is 0.870. The Kier molecular flexibility index (Phi) is 3.86. The van der Waals surface area contributed by atoms with E-state index >= 15 is 0 Å². The van der Waals surface area contributed by atoms with Gasteiger partial charge >= 0.3 is 0 Å². The van der Waals surface area contributed by atoms with E-state index in [0.29, 0.717) is 31.3 Å². The summed E-state index contributed by atoms with van der Waals surface area (Å²) in [5.41, 5.74) is 0.423. The molecular weight excluding hydrogens is 372 g/mol. The summed E-state index contributed by atoms with van der Waals surface area (Å²) in [6.45, 7) is 5.44. The highest BCUT2D eigenvalue weighted by Crippen LogP contribution is 2.71. The number of hydrogen-bond donors (Lipinski definition) is 1.